The van der Waals surface area contributed by atoms with Gasteiger partial charge in [0.25, 0.3) is 0 Å². The topological polar surface area (TPSA) is 24.7 Å². The Balaban J connectivity index is 0.0000157. The van der Waals surface area contributed by atoms with Gasteiger partial charge in [0.2, 0.25) is 0 Å². The van der Waals surface area contributed by atoms with Gasteiger partial charge in [0, 0.05) is 20.4 Å². The molecule has 0 unspecified atom stereocenters. The van der Waals surface area contributed by atoms with E-state index in [1.54, 1.807) is 5.56 Å². The molecule has 0 amide bonds. The zero-order valence-electron chi connectivity index (χ0n) is 38.0. The van der Waals surface area contributed by atoms with Crippen molar-refractivity contribution in [1.29, 1.82) is 0 Å². The molecular weight excluding hydrogens is 771 g/mol. The Morgan fingerprint density at radius 1 is 0.357 bits per heavy atom. The molecule has 0 radical (unpaired) electrons. The van der Waals surface area contributed by atoms with Crippen LogP contribution in [0.4, 0.5) is 11.4 Å². The first-order chi connectivity index (χ1) is 27.1. The summed E-state index contributed by atoms with van der Waals surface area (Å²) in [4.78, 5) is 10.7. The Morgan fingerprint density at radius 2 is 0.661 bits per heavy atom. The summed E-state index contributed by atoms with van der Waals surface area (Å²) in [6.45, 7) is 13.8. The monoisotopic (exact) mass is 861 g/mol. The summed E-state index contributed by atoms with van der Waals surface area (Å²) in [5, 5.41) is 0. The molecule has 3 heteroatoms. The van der Waals surface area contributed by atoms with Gasteiger partial charge in [-0.25, -0.2) is 0 Å². The van der Waals surface area contributed by atoms with E-state index in [0.717, 1.165) is 23.5 Å². The summed E-state index contributed by atoms with van der Waals surface area (Å²) in [7, 11) is 0. The number of aliphatic imine (C=N–C) groups is 2. The molecule has 0 N–H and O–H groups in total. The van der Waals surface area contributed by atoms with E-state index in [-0.39, 0.29) is 20.4 Å². The Morgan fingerprint density at radius 3 is 1.04 bits per heavy atom. The summed E-state index contributed by atoms with van der Waals surface area (Å²) in [6.07, 6.45) is 43.5. The predicted octanol–water partition coefficient (Wildman–Crippen LogP) is 18.1. The van der Waals surface area contributed by atoms with Crippen molar-refractivity contribution in [3.05, 3.63) is 58.7 Å². The van der Waals surface area contributed by atoms with E-state index in [9.17, 15) is 0 Å². The fraction of sp³-hybridized carbons (Fsp3) is 0.736. The standard InChI is InChI=1S/C53H90N2.Pd/c1-7-12-17-18-19-20-21-22-23-24-25-26-27-28-29-34-39-53(55-52-43-41-48(36-31-14-9-3)50(45-52)38-33-16-11-5)46(6)54-51-42-40-47(35-30-13-8-2)49(44-51)37-32-15-10-4;/h40-45H,7-39H2,1-6H3;/b54-46+,55-53+;. The number of aryl methyl sites for hydroxylation is 4. The van der Waals surface area contributed by atoms with Crippen LogP contribution in [0, 0.1) is 0 Å². The van der Waals surface area contributed by atoms with Crippen molar-refractivity contribution < 1.29 is 20.4 Å². The maximum Gasteiger partial charge on any atom is 0.0636 e. The molecule has 0 aliphatic heterocycles. The molecule has 0 aliphatic carbocycles. The number of unbranched alkanes of at least 4 members (excludes halogenated alkanes) is 23. The van der Waals surface area contributed by atoms with Crippen molar-refractivity contribution in [1.82, 2.24) is 0 Å². The van der Waals surface area contributed by atoms with Crippen molar-refractivity contribution in [2.75, 3.05) is 0 Å². The van der Waals surface area contributed by atoms with Crippen molar-refractivity contribution in [3.63, 3.8) is 0 Å². The maximum absolute atomic E-state index is 5.42. The Labute approximate surface area is 363 Å². The number of hydrogen-bond donors (Lipinski definition) is 0. The average molecular weight is 862 g/mol. The van der Waals surface area contributed by atoms with Gasteiger partial charge in [-0.1, -0.05) is 194 Å². The minimum absolute atomic E-state index is 0. The molecule has 2 nitrogen and oxygen atoms in total. The van der Waals surface area contributed by atoms with Gasteiger partial charge in [0.15, 0.2) is 0 Å². The molecule has 2 aromatic carbocycles. The van der Waals surface area contributed by atoms with Gasteiger partial charge in [-0.2, -0.15) is 0 Å². The third-order valence-electron chi connectivity index (χ3n) is 11.8. The summed E-state index contributed by atoms with van der Waals surface area (Å²) < 4.78 is 0. The first kappa shape index (κ1) is 52.5. The van der Waals surface area contributed by atoms with Gasteiger partial charge < -0.3 is 0 Å². The number of hydrogen-bond acceptors (Lipinski definition) is 2. The normalized spacial score (nSPS) is 12.0. The molecular formula is C53H90N2Pd. The van der Waals surface area contributed by atoms with Gasteiger partial charge in [-0.3, -0.25) is 9.98 Å². The summed E-state index contributed by atoms with van der Waals surface area (Å²) in [5.41, 5.74) is 10.6. The zero-order valence-corrected chi connectivity index (χ0v) is 39.6. The molecule has 56 heavy (non-hydrogen) atoms. The second-order valence-corrected chi connectivity index (χ2v) is 17.0. The van der Waals surface area contributed by atoms with E-state index in [0.29, 0.717) is 0 Å². The van der Waals surface area contributed by atoms with Crippen LogP contribution in [0.2, 0.25) is 0 Å². The largest absolute Gasteiger partial charge is 0.252 e. The van der Waals surface area contributed by atoms with E-state index in [4.69, 9.17) is 9.98 Å². The van der Waals surface area contributed by atoms with Gasteiger partial charge in [-0.15, -0.1) is 0 Å². The average Bonchev–Trinajstić information content (AvgIpc) is 3.19. The SMILES string of the molecule is CCCCCCCCCCCCCCCCCCC(=N\c1ccc(CCCCC)c(CCCCC)c1)/C(C)=N/c1ccc(CCCCC)c(CCCCC)c1.[Pd]. The Bertz CT molecular complexity index is 1280. The fourth-order valence-corrected chi connectivity index (χ4v) is 8.15. The summed E-state index contributed by atoms with van der Waals surface area (Å²) in [6, 6.07) is 14.2. The smallest absolute Gasteiger partial charge is 0.0636 e. The number of benzene rings is 2. The first-order valence-corrected chi connectivity index (χ1v) is 24.4. The van der Waals surface area contributed by atoms with Crippen LogP contribution in [0.5, 0.6) is 0 Å². The molecule has 0 atom stereocenters. The minimum atomic E-state index is 0. The van der Waals surface area contributed by atoms with Crippen LogP contribution < -0.4 is 0 Å². The van der Waals surface area contributed by atoms with Gasteiger partial charge in [-0.05, 0) is 118 Å². The second kappa shape index (κ2) is 36.5. The predicted molar refractivity (Wildman–Crippen MR) is 250 cm³/mol. The van der Waals surface area contributed by atoms with Crippen molar-refractivity contribution >= 4 is 22.8 Å². The van der Waals surface area contributed by atoms with Crippen LogP contribution in [0.1, 0.15) is 250 Å². The summed E-state index contributed by atoms with van der Waals surface area (Å²) >= 11 is 0. The zero-order chi connectivity index (χ0) is 39.6. The van der Waals surface area contributed by atoms with E-state index >= 15 is 0 Å². The van der Waals surface area contributed by atoms with Crippen LogP contribution in [-0.4, -0.2) is 11.4 Å². The van der Waals surface area contributed by atoms with Crippen LogP contribution >= 0.6 is 0 Å². The second-order valence-electron chi connectivity index (χ2n) is 17.0. The first-order valence-electron chi connectivity index (χ1n) is 24.4. The van der Waals surface area contributed by atoms with Crippen molar-refractivity contribution in [2.24, 2.45) is 9.98 Å². The molecule has 0 aromatic heterocycles. The molecule has 0 saturated carbocycles. The quantitative estimate of drug-likeness (QED) is 0.0370. The van der Waals surface area contributed by atoms with Gasteiger partial charge in [0.05, 0.1) is 22.8 Å². The third kappa shape index (κ3) is 25.0. The Hall–Kier alpha value is -1.56. The van der Waals surface area contributed by atoms with Crippen LogP contribution in [0.3, 0.4) is 0 Å². The van der Waals surface area contributed by atoms with Crippen LogP contribution in [0.25, 0.3) is 0 Å². The minimum Gasteiger partial charge on any atom is -0.252 e. The summed E-state index contributed by atoms with van der Waals surface area (Å²) in [5.74, 6) is 0. The molecule has 322 valence electrons. The fourth-order valence-electron chi connectivity index (χ4n) is 8.15. The maximum atomic E-state index is 5.42. The van der Waals surface area contributed by atoms with Gasteiger partial charge in [0.1, 0.15) is 0 Å². The van der Waals surface area contributed by atoms with E-state index < -0.39 is 0 Å². The third-order valence-corrected chi connectivity index (χ3v) is 11.8. The molecule has 0 spiro atoms. The van der Waals surface area contributed by atoms with Crippen LogP contribution in [-0.2, 0) is 46.1 Å². The van der Waals surface area contributed by atoms with Gasteiger partial charge >= 0.3 is 0 Å². The molecule has 0 heterocycles. The molecule has 0 bridgehead atoms. The van der Waals surface area contributed by atoms with E-state index in [1.807, 2.05) is 0 Å². The van der Waals surface area contributed by atoms with E-state index in [2.05, 4.69) is 77.9 Å². The van der Waals surface area contributed by atoms with Crippen LogP contribution in [0.15, 0.2) is 46.4 Å². The van der Waals surface area contributed by atoms with E-state index in [1.165, 1.54) is 228 Å². The number of nitrogens with zero attached hydrogens (tertiary/aromatic N) is 2. The molecule has 2 aromatic rings. The number of rotatable bonds is 36. The molecule has 0 saturated heterocycles. The Kier molecular flexibility index (Phi) is 34.2. The molecule has 0 fully saturated rings. The van der Waals surface area contributed by atoms with Crippen molar-refractivity contribution in [2.45, 2.75) is 253 Å². The molecule has 2 rings (SSSR count). The molecule has 0 aliphatic rings. The van der Waals surface area contributed by atoms with Crippen molar-refractivity contribution in [3.8, 4) is 0 Å².